The molecule has 0 radical (unpaired) electrons. The van der Waals surface area contributed by atoms with E-state index in [2.05, 4.69) is 48.4 Å². The Labute approximate surface area is 97.7 Å². The van der Waals surface area contributed by atoms with Gasteiger partial charge in [-0.25, -0.2) is 14.8 Å². The van der Waals surface area contributed by atoms with Crippen LogP contribution >= 0.6 is 31.9 Å². The zero-order valence-electron chi connectivity index (χ0n) is 7.04. The number of hydrogen-bond donors (Lipinski definition) is 0. The lowest BCUT2D eigenvalue weighted by Crippen LogP contribution is -2.08. The number of rotatable bonds is 3. The smallest absolute Gasteiger partial charge is 0.344 e. The average Bonchev–Trinajstić information content (AvgIpc) is 2.14. The maximum absolute atomic E-state index is 11.4. The number of nitrogens with zero attached hydrogens (tertiary/aromatic N) is 2. The molecule has 1 heterocycles. The van der Waals surface area contributed by atoms with Crippen LogP contribution in [-0.2, 0) is 4.74 Å². The van der Waals surface area contributed by atoms with Crippen molar-refractivity contribution in [1.82, 2.24) is 9.97 Å². The SMILES string of the molecule is C=CCOC(=O)c1c(Br)ncnc1Br. The van der Waals surface area contributed by atoms with E-state index in [4.69, 9.17) is 4.74 Å². The van der Waals surface area contributed by atoms with E-state index in [1.807, 2.05) is 0 Å². The van der Waals surface area contributed by atoms with Crippen molar-refractivity contribution >= 4 is 37.8 Å². The molecular weight excluding hydrogens is 316 g/mol. The van der Waals surface area contributed by atoms with E-state index in [0.29, 0.717) is 9.21 Å². The van der Waals surface area contributed by atoms with Gasteiger partial charge in [-0.2, -0.15) is 0 Å². The van der Waals surface area contributed by atoms with E-state index in [1.165, 1.54) is 12.4 Å². The first-order valence-corrected chi connectivity index (χ1v) is 5.19. The predicted octanol–water partition coefficient (Wildman–Crippen LogP) is 2.34. The molecule has 0 aliphatic heterocycles. The first kappa shape index (κ1) is 11.3. The highest BCUT2D eigenvalue weighted by Gasteiger charge is 2.16. The third kappa shape index (κ3) is 2.62. The molecule has 4 nitrogen and oxygen atoms in total. The Morgan fingerprint density at radius 3 is 2.57 bits per heavy atom. The van der Waals surface area contributed by atoms with Gasteiger partial charge in [-0.15, -0.1) is 0 Å². The molecule has 0 saturated carbocycles. The molecule has 0 N–H and O–H groups in total. The molecule has 0 aliphatic carbocycles. The van der Waals surface area contributed by atoms with Crippen LogP contribution in [0.1, 0.15) is 10.4 Å². The quantitative estimate of drug-likeness (QED) is 0.487. The number of hydrogen-bond acceptors (Lipinski definition) is 4. The zero-order valence-corrected chi connectivity index (χ0v) is 10.2. The van der Waals surface area contributed by atoms with Crippen LogP contribution in [0.15, 0.2) is 28.2 Å². The van der Waals surface area contributed by atoms with E-state index < -0.39 is 5.97 Å². The second-order valence-electron chi connectivity index (χ2n) is 2.22. The van der Waals surface area contributed by atoms with Crippen molar-refractivity contribution < 1.29 is 9.53 Å². The van der Waals surface area contributed by atoms with Gasteiger partial charge in [0.25, 0.3) is 0 Å². The number of ether oxygens (including phenoxy) is 1. The fourth-order valence-electron chi connectivity index (χ4n) is 0.720. The first-order valence-electron chi connectivity index (χ1n) is 3.60. The first-order chi connectivity index (χ1) is 6.66. The molecule has 14 heavy (non-hydrogen) atoms. The third-order valence-corrected chi connectivity index (χ3v) is 2.49. The van der Waals surface area contributed by atoms with E-state index >= 15 is 0 Å². The summed E-state index contributed by atoms with van der Waals surface area (Å²) in [7, 11) is 0. The van der Waals surface area contributed by atoms with Crippen LogP contribution in [0.4, 0.5) is 0 Å². The van der Waals surface area contributed by atoms with Crippen LogP contribution in [0.3, 0.4) is 0 Å². The molecule has 0 bridgehead atoms. The van der Waals surface area contributed by atoms with Crippen LogP contribution < -0.4 is 0 Å². The van der Waals surface area contributed by atoms with Gasteiger partial charge in [0.05, 0.1) is 0 Å². The molecule has 1 rings (SSSR count). The van der Waals surface area contributed by atoms with Crippen molar-refractivity contribution in [1.29, 1.82) is 0 Å². The van der Waals surface area contributed by atoms with E-state index in [-0.39, 0.29) is 12.2 Å². The largest absolute Gasteiger partial charge is 0.458 e. The van der Waals surface area contributed by atoms with Crippen molar-refractivity contribution in [2.24, 2.45) is 0 Å². The fraction of sp³-hybridized carbons (Fsp3) is 0.125. The number of halogens is 2. The fourth-order valence-corrected chi connectivity index (χ4v) is 1.87. The Kier molecular flexibility index (Phi) is 4.21. The van der Waals surface area contributed by atoms with Gasteiger partial charge in [0.1, 0.15) is 27.7 Å². The van der Waals surface area contributed by atoms with Gasteiger partial charge < -0.3 is 4.74 Å². The number of esters is 1. The number of carbonyl (C=O) groups is 1. The molecule has 0 saturated heterocycles. The Bertz CT molecular complexity index is 348. The minimum absolute atomic E-state index is 0.159. The summed E-state index contributed by atoms with van der Waals surface area (Å²) < 4.78 is 5.64. The lowest BCUT2D eigenvalue weighted by atomic mass is 10.3. The lowest BCUT2D eigenvalue weighted by Gasteiger charge is -2.04. The number of carbonyl (C=O) groups excluding carboxylic acids is 1. The van der Waals surface area contributed by atoms with Gasteiger partial charge in [0, 0.05) is 0 Å². The summed E-state index contributed by atoms with van der Waals surface area (Å²) in [6.07, 6.45) is 2.82. The topological polar surface area (TPSA) is 52.1 Å². The molecule has 74 valence electrons. The molecule has 0 atom stereocenters. The Hall–Kier alpha value is -0.750. The second-order valence-corrected chi connectivity index (χ2v) is 3.72. The summed E-state index contributed by atoms with van der Waals surface area (Å²) >= 11 is 6.26. The molecule has 1 aromatic heterocycles. The maximum atomic E-state index is 11.4. The van der Waals surface area contributed by atoms with Gasteiger partial charge in [-0.3, -0.25) is 0 Å². The van der Waals surface area contributed by atoms with Crippen molar-refractivity contribution in [3.8, 4) is 0 Å². The Morgan fingerprint density at radius 2 is 2.07 bits per heavy atom. The normalized spacial score (nSPS) is 9.57. The van der Waals surface area contributed by atoms with E-state index in [0.717, 1.165) is 0 Å². The van der Waals surface area contributed by atoms with Gasteiger partial charge in [-0.05, 0) is 31.9 Å². The minimum Gasteiger partial charge on any atom is -0.458 e. The van der Waals surface area contributed by atoms with Crippen LogP contribution in [0.2, 0.25) is 0 Å². The van der Waals surface area contributed by atoms with Crippen LogP contribution in [-0.4, -0.2) is 22.5 Å². The summed E-state index contributed by atoms with van der Waals surface area (Å²) in [5, 5.41) is 0. The molecular formula is C8H6Br2N2O2. The molecule has 0 spiro atoms. The summed E-state index contributed by atoms with van der Waals surface area (Å²) in [4.78, 5) is 19.1. The van der Waals surface area contributed by atoms with Crippen LogP contribution in [0.5, 0.6) is 0 Å². The molecule has 6 heteroatoms. The van der Waals surface area contributed by atoms with Gasteiger partial charge >= 0.3 is 5.97 Å². The van der Waals surface area contributed by atoms with Crippen LogP contribution in [0.25, 0.3) is 0 Å². The van der Waals surface area contributed by atoms with Gasteiger partial charge in [0.2, 0.25) is 0 Å². The summed E-state index contributed by atoms with van der Waals surface area (Å²) in [5.74, 6) is -0.496. The lowest BCUT2D eigenvalue weighted by molar-refractivity contribution is 0.0546. The van der Waals surface area contributed by atoms with Gasteiger partial charge in [-0.1, -0.05) is 12.7 Å². The predicted molar refractivity (Wildman–Crippen MR) is 57.9 cm³/mol. The van der Waals surface area contributed by atoms with Crippen molar-refractivity contribution in [2.45, 2.75) is 0 Å². The molecule has 1 aromatic rings. The van der Waals surface area contributed by atoms with Crippen molar-refractivity contribution in [3.63, 3.8) is 0 Å². The van der Waals surface area contributed by atoms with Crippen LogP contribution in [0, 0.1) is 0 Å². The maximum Gasteiger partial charge on any atom is 0.344 e. The summed E-state index contributed by atoms with van der Waals surface area (Å²) in [6, 6.07) is 0. The summed E-state index contributed by atoms with van der Waals surface area (Å²) in [5.41, 5.74) is 0.273. The highest BCUT2D eigenvalue weighted by molar-refractivity contribution is 9.11. The molecule has 0 aromatic carbocycles. The zero-order chi connectivity index (χ0) is 10.6. The molecule has 0 fully saturated rings. The standard InChI is InChI=1S/C8H6Br2N2O2/c1-2-3-14-8(13)5-6(9)11-4-12-7(5)10/h2,4H,1,3H2. The average molecular weight is 322 g/mol. The van der Waals surface area contributed by atoms with Gasteiger partial charge in [0.15, 0.2) is 0 Å². The van der Waals surface area contributed by atoms with Crippen molar-refractivity contribution in [2.75, 3.05) is 6.61 Å². The monoisotopic (exact) mass is 320 g/mol. The minimum atomic E-state index is -0.496. The second kappa shape index (κ2) is 5.21. The molecule has 0 unspecified atom stereocenters. The molecule has 0 aliphatic rings. The Morgan fingerprint density at radius 1 is 1.50 bits per heavy atom. The van der Waals surface area contributed by atoms with Crippen molar-refractivity contribution in [3.05, 3.63) is 33.8 Å². The highest BCUT2D eigenvalue weighted by Crippen LogP contribution is 2.21. The Balaban J connectivity index is 2.94. The highest BCUT2D eigenvalue weighted by atomic mass is 79.9. The summed E-state index contributed by atoms with van der Waals surface area (Å²) in [6.45, 7) is 3.60. The third-order valence-electron chi connectivity index (χ3n) is 1.29. The molecule has 0 amide bonds. The van der Waals surface area contributed by atoms with E-state index in [1.54, 1.807) is 0 Å². The van der Waals surface area contributed by atoms with E-state index in [9.17, 15) is 4.79 Å². The number of aromatic nitrogens is 2.